The molecule has 2 aromatic carbocycles. The van der Waals surface area contributed by atoms with Crippen LogP contribution < -0.4 is 5.32 Å². The summed E-state index contributed by atoms with van der Waals surface area (Å²) in [5, 5.41) is 4.28. The standard InChI is InChI=1S/C23H27N3O2/c1-18-16-21-4-2-3-5-22(21)26(18)11-10-24-23(27)20-8-6-19(7-9-20)17-25-12-14-28-15-13-25/h2-9,16H,10-15,17H2,1H3,(H,24,27). The van der Waals surface area contributed by atoms with Gasteiger partial charge in [-0.25, -0.2) is 0 Å². The van der Waals surface area contributed by atoms with E-state index >= 15 is 0 Å². The van der Waals surface area contributed by atoms with Crippen LogP contribution in [-0.2, 0) is 17.8 Å². The van der Waals surface area contributed by atoms with Gasteiger partial charge >= 0.3 is 0 Å². The van der Waals surface area contributed by atoms with Gasteiger partial charge in [-0.15, -0.1) is 0 Å². The monoisotopic (exact) mass is 377 g/mol. The molecule has 0 radical (unpaired) electrons. The van der Waals surface area contributed by atoms with Gasteiger partial charge in [-0.2, -0.15) is 0 Å². The number of nitrogens with zero attached hydrogens (tertiary/aromatic N) is 2. The Morgan fingerprint density at radius 2 is 1.82 bits per heavy atom. The molecule has 3 aromatic rings. The van der Waals surface area contributed by atoms with Gasteiger partial charge in [0.25, 0.3) is 5.91 Å². The molecule has 1 fully saturated rings. The number of aryl methyl sites for hydroxylation is 1. The lowest BCUT2D eigenvalue weighted by molar-refractivity contribution is 0.0342. The fourth-order valence-electron chi connectivity index (χ4n) is 3.81. The van der Waals surface area contributed by atoms with E-state index < -0.39 is 0 Å². The minimum atomic E-state index is -0.0213. The lowest BCUT2D eigenvalue weighted by Crippen LogP contribution is -2.35. The van der Waals surface area contributed by atoms with Gasteiger partial charge in [0.15, 0.2) is 0 Å². The molecule has 0 saturated carbocycles. The Kier molecular flexibility index (Phi) is 5.74. The quantitative estimate of drug-likeness (QED) is 0.718. The van der Waals surface area contributed by atoms with Crippen LogP contribution in [0.15, 0.2) is 54.6 Å². The van der Waals surface area contributed by atoms with Crippen LogP contribution in [0, 0.1) is 6.92 Å². The molecule has 0 bridgehead atoms. The zero-order valence-electron chi connectivity index (χ0n) is 16.4. The minimum Gasteiger partial charge on any atom is -0.379 e. The van der Waals surface area contributed by atoms with Gasteiger partial charge in [0.1, 0.15) is 0 Å². The van der Waals surface area contributed by atoms with Crippen molar-refractivity contribution in [1.29, 1.82) is 0 Å². The molecule has 1 amide bonds. The molecule has 1 N–H and O–H groups in total. The van der Waals surface area contributed by atoms with E-state index in [4.69, 9.17) is 4.74 Å². The van der Waals surface area contributed by atoms with Crippen molar-refractivity contribution in [3.8, 4) is 0 Å². The molecule has 0 atom stereocenters. The van der Waals surface area contributed by atoms with Gasteiger partial charge in [0.2, 0.25) is 0 Å². The first kappa shape index (κ1) is 18.7. The molecule has 5 heteroatoms. The van der Waals surface area contributed by atoms with Gasteiger partial charge in [-0.1, -0.05) is 30.3 Å². The first-order valence-corrected chi connectivity index (χ1v) is 9.93. The van der Waals surface area contributed by atoms with E-state index in [2.05, 4.69) is 52.0 Å². The predicted octanol–water partition coefficient (Wildman–Crippen LogP) is 3.21. The van der Waals surface area contributed by atoms with Gasteiger partial charge < -0.3 is 14.6 Å². The van der Waals surface area contributed by atoms with Crippen LogP contribution >= 0.6 is 0 Å². The third kappa shape index (κ3) is 4.26. The molecule has 28 heavy (non-hydrogen) atoms. The Morgan fingerprint density at radius 1 is 1.07 bits per heavy atom. The van der Waals surface area contributed by atoms with E-state index in [1.807, 2.05) is 24.3 Å². The predicted molar refractivity (Wildman–Crippen MR) is 112 cm³/mol. The average molecular weight is 377 g/mol. The van der Waals surface area contributed by atoms with E-state index in [0.717, 1.165) is 39.4 Å². The van der Waals surface area contributed by atoms with Gasteiger partial charge in [0.05, 0.1) is 13.2 Å². The summed E-state index contributed by atoms with van der Waals surface area (Å²) < 4.78 is 7.64. The normalized spacial score (nSPS) is 15.0. The molecule has 0 spiro atoms. The minimum absolute atomic E-state index is 0.0213. The van der Waals surface area contributed by atoms with Crippen LogP contribution in [0.1, 0.15) is 21.6 Å². The number of carbonyl (C=O) groups excluding carboxylic acids is 1. The second-order valence-electron chi connectivity index (χ2n) is 7.34. The summed E-state index contributed by atoms with van der Waals surface area (Å²) in [4.78, 5) is 14.9. The summed E-state index contributed by atoms with van der Waals surface area (Å²) in [6.45, 7) is 7.92. The fraction of sp³-hybridized carbons (Fsp3) is 0.348. The molecule has 0 unspecified atom stereocenters. The van der Waals surface area contributed by atoms with Crippen LogP contribution in [0.3, 0.4) is 0 Å². The molecule has 1 aliphatic heterocycles. The van der Waals surface area contributed by atoms with Crippen molar-refractivity contribution in [2.45, 2.75) is 20.0 Å². The summed E-state index contributed by atoms with van der Waals surface area (Å²) in [6.07, 6.45) is 0. The Balaban J connectivity index is 1.31. The molecule has 1 aromatic heterocycles. The average Bonchev–Trinajstić information content (AvgIpc) is 3.04. The number of nitrogens with one attached hydrogen (secondary N) is 1. The van der Waals surface area contributed by atoms with Crippen molar-refractivity contribution >= 4 is 16.8 Å². The van der Waals surface area contributed by atoms with E-state index in [0.29, 0.717) is 12.1 Å². The fourth-order valence-corrected chi connectivity index (χ4v) is 3.81. The zero-order chi connectivity index (χ0) is 19.3. The van der Waals surface area contributed by atoms with E-state index in [-0.39, 0.29) is 5.91 Å². The van der Waals surface area contributed by atoms with E-state index in [9.17, 15) is 4.79 Å². The number of carbonyl (C=O) groups is 1. The second kappa shape index (κ2) is 8.59. The number of hydrogen-bond donors (Lipinski definition) is 1. The number of benzene rings is 2. The highest BCUT2D eigenvalue weighted by molar-refractivity contribution is 5.94. The summed E-state index contributed by atoms with van der Waals surface area (Å²) >= 11 is 0. The van der Waals surface area contributed by atoms with Crippen molar-refractivity contribution in [3.05, 3.63) is 71.4 Å². The lowest BCUT2D eigenvalue weighted by atomic mass is 10.1. The van der Waals surface area contributed by atoms with Crippen molar-refractivity contribution in [2.24, 2.45) is 0 Å². The first-order valence-electron chi connectivity index (χ1n) is 9.93. The third-order valence-corrected chi connectivity index (χ3v) is 5.36. The second-order valence-corrected chi connectivity index (χ2v) is 7.34. The van der Waals surface area contributed by atoms with E-state index in [1.54, 1.807) is 0 Å². The number of rotatable bonds is 6. The number of ether oxygens (including phenoxy) is 1. The summed E-state index contributed by atoms with van der Waals surface area (Å²) in [6, 6.07) is 18.5. The number of morpholine rings is 1. The van der Waals surface area contributed by atoms with Gasteiger partial charge in [0, 0.05) is 49.5 Å². The Hall–Kier alpha value is -2.63. The zero-order valence-corrected chi connectivity index (χ0v) is 16.4. The van der Waals surface area contributed by atoms with Gasteiger partial charge in [-0.05, 0) is 42.1 Å². The summed E-state index contributed by atoms with van der Waals surface area (Å²) in [5.41, 5.74) is 4.36. The Morgan fingerprint density at radius 3 is 2.61 bits per heavy atom. The molecular weight excluding hydrogens is 350 g/mol. The van der Waals surface area contributed by atoms with Crippen LogP contribution in [0.25, 0.3) is 10.9 Å². The Bertz CT molecular complexity index is 940. The van der Waals surface area contributed by atoms with Crippen LogP contribution in [0.2, 0.25) is 0 Å². The summed E-state index contributed by atoms with van der Waals surface area (Å²) in [7, 11) is 0. The topological polar surface area (TPSA) is 46.5 Å². The van der Waals surface area contributed by atoms with Crippen molar-refractivity contribution in [2.75, 3.05) is 32.8 Å². The van der Waals surface area contributed by atoms with Crippen molar-refractivity contribution in [3.63, 3.8) is 0 Å². The molecule has 1 saturated heterocycles. The maximum atomic E-state index is 12.5. The maximum absolute atomic E-state index is 12.5. The largest absolute Gasteiger partial charge is 0.379 e. The Labute approximate surface area is 165 Å². The lowest BCUT2D eigenvalue weighted by Gasteiger charge is -2.26. The molecular formula is C23H27N3O2. The third-order valence-electron chi connectivity index (χ3n) is 5.36. The highest BCUT2D eigenvalue weighted by Gasteiger charge is 2.11. The molecule has 5 nitrogen and oxygen atoms in total. The highest BCUT2D eigenvalue weighted by Crippen LogP contribution is 2.18. The van der Waals surface area contributed by atoms with Crippen LogP contribution in [-0.4, -0.2) is 48.2 Å². The first-order chi connectivity index (χ1) is 13.7. The van der Waals surface area contributed by atoms with Gasteiger partial charge in [-0.3, -0.25) is 9.69 Å². The number of hydrogen-bond acceptors (Lipinski definition) is 3. The van der Waals surface area contributed by atoms with Crippen LogP contribution in [0.5, 0.6) is 0 Å². The molecule has 1 aliphatic rings. The highest BCUT2D eigenvalue weighted by atomic mass is 16.5. The number of fused-ring (bicyclic) bond motifs is 1. The smallest absolute Gasteiger partial charge is 0.251 e. The molecule has 146 valence electrons. The summed E-state index contributed by atoms with van der Waals surface area (Å²) in [5.74, 6) is -0.0213. The number of aromatic nitrogens is 1. The molecule has 4 rings (SSSR count). The molecule has 0 aliphatic carbocycles. The SMILES string of the molecule is Cc1cc2ccccc2n1CCNC(=O)c1ccc(CN2CCOCC2)cc1. The number of para-hydroxylation sites is 1. The maximum Gasteiger partial charge on any atom is 0.251 e. The van der Waals surface area contributed by atoms with Crippen molar-refractivity contribution < 1.29 is 9.53 Å². The van der Waals surface area contributed by atoms with Crippen LogP contribution in [0.4, 0.5) is 0 Å². The van der Waals surface area contributed by atoms with Crippen molar-refractivity contribution in [1.82, 2.24) is 14.8 Å². The van der Waals surface area contributed by atoms with E-state index in [1.165, 1.54) is 22.2 Å². The molecule has 2 heterocycles. The number of amides is 1.